The van der Waals surface area contributed by atoms with Crippen LogP contribution >= 0.6 is 11.6 Å². The van der Waals surface area contributed by atoms with E-state index in [0.717, 1.165) is 19.5 Å². The maximum Gasteiger partial charge on any atom is 0.255 e. The van der Waals surface area contributed by atoms with E-state index in [2.05, 4.69) is 15.3 Å². The van der Waals surface area contributed by atoms with Gasteiger partial charge in [0.2, 0.25) is 0 Å². The van der Waals surface area contributed by atoms with Crippen molar-refractivity contribution in [2.24, 2.45) is 5.84 Å². The van der Waals surface area contributed by atoms with E-state index >= 15 is 0 Å². The summed E-state index contributed by atoms with van der Waals surface area (Å²) >= 11 is 6.00. The van der Waals surface area contributed by atoms with E-state index < -0.39 is 0 Å². The molecule has 21 heavy (non-hydrogen) atoms. The van der Waals surface area contributed by atoms with E-state index in [4.69, 9.17) is 22.6 Å². The number of nitrogen functional groups attached to an aromatic ring is 1. The van der Waals surface area contributed by atoms with Crippen LogP contribution in [0.25, 0.3) is 0 Å². The molecule has 1 aliphatic rings. The van der Waals surface area contributed by atoms with Crippen LogP contribution in [0.4, 0.5) is 5.82 Å². The van der Waals surface area contributed by atoms with Gasteiger partial charge >= 0.3 is 0 Å². The van der Waals surface area contributed by atoms with Crippen molar-refractivity contribution >= 4 is 23.3 Å². The minimum absolute atomic E-state index is 0.0844. The topological polar surface area (TPSA) is 94.7 Å². The Balaban J connectivity index is 2.04. The van der Waals surface area contributed by atoms with Crippen molar-refractivity contribution in [1.29, 1.82) is 0 Å². The van der Waals surface area contributed by atoms with Gasteiger partial charge in [-0.15, -0.1) is 0 Å². The van der Waals surface area contributed by atoms with Gasteiger partial charge in [0.25, 0.3) is 5.91 Å². The molecule has 0 radical (unpaired) electrons. The molecule has 1 amide bonds. The molecule has 0 aliphatic carbocycles. The lowest BCUT2D eigenvalue weighted by Gasteiger charge is -2.21. The first-order valence-electron chi connectivity index (χ1n) is 6.90. The van der Waals surface area contributed by atoms with Gasteiger partial charge in [0, 0.05) is 32.4 Å². The van der Waals surface area contributed by atoms with Gasteiger partial charge < -0.3 is 15.4 Å². The number of anilines is 1. The third kappa shape index (κ3) is 4.04. The van der Waals surface area contributed by atoms with Gasteiger partial charge in [-0.3, -0.25) is 9.69 Å². The molecule has 4 N–H and O–H groups in total. The first-order valence-corrected chi connectivity index (χ1v) is 7.28. The molecule has 0 aromatic carbocycles. The van der Waals surface area contributed by atoms with Gasteiger partial charge in [0.15, 0.2) is 5.82 Å². The summed E-state index contributed by atoms with van der Waals surface area (Å²) in [5, 5.41) is 9.30. The zero-order chi connectivity index (χ0) is 15.2. The molecule has 8 heteroatoms. The van der Waals surface area contributed by atoms with Gasteiger partial charge in [0.1, 0.15) is 0 Å². The zero-order valence-electron chi connectivity index (χ0n) is 11.8. The molecule has 1 aromatic heterocycles. The molecule has 0 unspecified atom stereocenters. The number of hydrogen-bond acceptors (Lipinski definition) is 6. The van der Waals surface area contributed by atoms with Gasteiger partial charge in [-0.05, 0) is 19.0 Å². The number of hydrogen-bond donors (Lipinski definition) is 3. The summed E-state index contributed by atoms with van der Waals surface area (Å²) in [5.41, 5.74) is 2.83. The Morgan fingerprint density at radius 1 is 1.43 bits per heavy atom. The molecule has 1 saturated heterocycles. The maximum atomic E-state index is 12.5. The van der Waals surface area contributed by atoms with Crippen LogP contribution in [0.2, 0.25) is 5.02 Å². The van der Waals surface area contributed by atoms with Crippen LogP contribution < -0.4 is 11.3 Å². The second kappa shape index (κ2) is 7.56. The van der Waals surface area contributed by atoms with Crippen molar-refractivity contribution in [2.75, 3.05) is 44.8 Å². The zero-order valence-corrected chi connectivity index (χ0v) is 12.5. The molecule has 0 atom stereocenters. The molecule has 1 aliphatic heterocycles. The molecule has 7 nitrogen and oxygen atoms in total. The summed E-state index contributed by atoms with van der Waals surface area (Å²) < 4.78 is 0. The summed E-state index contributed by atoms with van der Waals surface area (Å²) in [4.78, 5) is 20.4. The quantitative estimate of drug-likeness (QED) is 0.541. The summed E-state index contributed by atoms with van der Waals surface area (Å²) in [6.07, 6.45) is 2.36. The van der Waals surface area contributed by atoms with Crippen molar-refractivity contribution in [3.05, 3.63) is 22.8 Å². The smallest absolute Gasteiger partial charge is 0.255 e. The first kappa shape index (κ1) is 16.0. The Bertz CT molecular complexity index is 499. The highest BCUT2D eigenvalue weighted by Crippen LogP contribution is 2.20. The maximum absolute atomic E-state index is 12.5. The average Bonchev–Trinajstić information content (AvgIpc) is 2.72. The van der Waals surface area contributed by atoms with E-state index in [-0.39, 0.29) is 12.5 Å². The standard InChI is InChI=1S/C13H20ClN5O2/c14-11-8-10(9-16-12(11)17-15)13(21)19-3-1-2-18(4-5-19)6-7-20/h8-9,20H,1-7,15H2,(H,16,17). The number of amides is 1. The van der Waals surface area contributed by atoms with Crippen molar-refractivity contribution in [1.82, 2.24) is 14.8 Å². The second-order valence-electron chi connectivity index (χ2n) is 4.91. The minimum atomic E-state index is -0.0844. The number of aliphatic hydroxyl groups is 1. The van der Waals surface area contributed by atoms with Crippen LogP contribution in [0.1, 0.15) is 16.8 Å². The molecule has 0 bridgehead atoms. The molecular weight excluding hydrogens is 294 g/mol. The van der Waals surface area contributed by atoms with Crippen LogP contribution in [0.5, 0.6) is 0 Å². The fraction of sp³-hybridized carbons (Fsp3) is 0.538. The highest BCUT2D eigenvalue weighted by Gasteiger charge is 2.21. The fourth-order valence-corrected chi connectivity index (χ4v) is 2.60. The lowest BCUT2D eigenvalue weighted by atomic mass is 10.2. The molecule has 1 fully saturated rings. The Hall–Kier alpha value is -1.41. The van der Waals surface area contributed by atoms with E-state index in [1.807, 2.05) is 0 Å². The summed E-state index contributed by atoms with van der Waals surface area (Å²) in [6.45, 7) is 3.76. The Morgan fingerprint density at radius 3 is 2.90 bits per heavy atom. The average molecular weight is 314 g/mol. The summed E-state index contributed by atoms with van der Waals surface area (Å²) in [7, 11) is 0. The molecule has 0 spiro atoms. The first-order chi connectivity index (χ1) is 10.2. The molecule has 0 saturated carbocycles. The highest BCUT2D eigenvalue weighted by molar-refractivity contribution is 6.33. The Kier molecular flexibility index (Phi) is 5.75. The third-order valence-corrected chi connectivity index (χ3v) is 3.80. The van der Waals surface area contributed by atoms with Crippen LogP contribution in [0.15, 0.2) is 12.3 Å². The number of pyridine rings is 1. The van der Waals surface area contributed by atoms with Crippen LogP contribution in [-0.4, -0.2) is 65.1 Å². The predicted octanol–water partition coefficient (Wildman–Crippen LogP) is 0.161. The number of aliphatic hydroxyl groups excluding tert-OH is 1. The number of carbonyl (C=O) groups is 1. The van der Waals surface area contributed by atoms with Gasteiger partial charge in [-0.2, -0.15) is 0 Å². The third-order valence-electron chi connectivity index (χ3n) is 3.52. The number of hydrazine groups is 1. The van der Waals surface area contributed by atoms with E-state index in [1.54, 1.807) is 11.0 Å². The van der Waals surface area contributed by atoms with Gasteiger partial charge in [-0.25, -0.2) is 10.8 Å². The van der Waals surface area contributed by atoms with E-state index in [9.17, 15) is 4.79 Å². The molecule has 2 heterocycles. The number of nitrogens with one attached hydrogen (secondary N) is 1. The number of halogens is 1. The molecule has 1 aromatic rings. The van der Waals surface area contributed by atoms with E-state index in [0.29, 0.717) is 36.0 Å². The van der Waals surface area contributed by atoms with E-state index in [1.165, 1.54) is 6.20 Å². The van der Waals surface area contributed by atoms with Crippen LogP contribution in [0.3, 0.4) is 0 Å². The lowest BCUT2D eigenvalue weighted by molar-refractivity contribution is 0.0760. The number of aromatic nitrogens is 1. The van der Waals surface area contributed by atoms with Crippen molar-refractivity contribution in [3.8, 4) is 0 Å². The second-order valence-corrected chi connectivity index (χ2v) is 5.32. The number of rotatable bonds is 4. The monoisotopic (exact) mass is 313 g/mol. The largest absolute Gasteiger partial charge is 0.395 e. The van der Waals surface area contributed by atoms with Crippen molar-refractivity contribution < 1.29 is 9.90 Å². The van der Waals surface area contributed by atoms with Crippen molar-refractivity contribution in [2.45, 2.75) is 6.42 Å². The van der Waals surface area contributed by atoms with Crippen LogP contribution in [-0.2, 0) is 0 Å². The van der Waals surface area contributed by atoms with Gasteiger partial charge in [0.05, 0.1) is 17.2 Å². The predicted molar refractivity (Wildman–Crippen MR) is 81.1 cm³/mol. The van der Waals surface area contributed by atoms with Crippen LogP contribution in [0, 0.1) is 0 Å². The summed E-state index contributed by atoms with van der Waals surface area (Å²) in [6, 6.07) is 1.57. The van der Waals surface area contributed by atoms with Gasteiger partial charge in [-0.1, -0.05) is 11.6 Å². The molecule has 2 rings (SSSR count). The Labute approximate surface area is 128 Å². The van der Waals surface area contributed by atoms with Crippen molar-refractivity contribution in [3.63, 3.8) is 0 Å². The Morgan fingerprint density at radius 2 is 2.24 bits per heavy atom. The SMILES string of the molecule is NNc1ncc(C(=O)N2CCCN(CCO)CC2)cc1Cl. The minimum Gasteiger partial charge on any atom is -0.395 e. The number of carbonyl (C=O) groups excluding carboxylic acids is 1. The molecule has 116 valence electrons. The number of β-amino-alcohol motifs (C(OH)–C–C–N with tert-alkyl or cyclic N) is 1. The number of nitrogens with two attached hydrogens (primary N) is 1. The summed E-state index contributed by atoms with van der Waals surface area (Å²) in [5.74, 6) is 5.53. The fourth-order valence-electron chi connectivity index (χ4n) is 2.38. The number of nitrogens with zero attached hydrogens (tertiary/aromatic N) is 3. The lowest BCUT2D eigenvalue weighted by Crippen LogP contribution is -2.36. The molecular formula is C13H20ClN5O2. The highest BCUT2D eigenvalue weighted by atomic mass is 35.5. The normalized spacial score (nSPS) is 16.6.